The summed E-state index contributed by atoms with van der Waals surface area (Å²) in [7, 11) is 0. The smallest absolute Gasteiger partial charge is 0.0943 e. The number of aromatic nitrogens is 3. The Bertz CT molecular complexity index is 668. The topological polar surface area (TPSA) is 56.2 Å². The number of pyridine rings is 1. The van der Waals surface area contributed by atoms with Gasteiger partial charge < -0.3 is 5.73 Å². The van der Waals surface area contributed by atoms with E-state index in [1.807, 2.05) is 18.3 Å². The van der Waals surface area contributed by atoms with E-state index in [-0.39, 0.29) is 0 Å². The Labute approximate surface area is 103 Å². The number of rotatable bonds is 2. The summed E-state index contributed by atoms with van der Waals surface area (Å²) >= 11 is 1.65. The monoisotopic (exact) mass is 244 g/mol. The number of nitrogens with two attached hydrogens (primary N) is 1. The van der Waals surface area contributed by atoms with Crippen molar-refractivity contribution >= 4 is 21.9 Å². The lowest BCUT2D eigenvalue weighted by Gasteiger charge is -2.03. The predicted molar refractivity (Wildman–Crippen MR) is 70.1 cm³/mol. The number of nitrogens with zero attached hydrogens (tertiary/aromatic N) is 3. The van der Waals surface area contributed by atoms with Crippen LogP contribution in [0.4, 0.5) is 5.00 Å². The summed E-state index contributed by atoms with van der Waals surface area (Å²) in [4.78, 5) is 1.30. The maximum Gasteiger partial charge on any atom is 0.0943 e. The molecule has 0 saturated carbocycles. The highest BCUT2D eigenvalue weighted by molar-refractivity contribution is 7.16. The maximum absolute atomic E-state index is 5.89. The van der Waals surface area contributed by atoms with Gasteiger partial charge in [0.05, 0.1) is 16.7 Å². The summed E-state index contributed by atoms with van der Waals surface area (Å²) in [6.07, 6.45) is 4.66. The summed E-state index contributed by atoms with van der Waals surface area (Å²) < 4.78 is 1.78. The van der Waals surface area contributed by atoms with Crippen molar-refractivity contribution in [2.75, 3.05) is 5.73 Å². The summed E-state index contributed by atoms with van der Waals surface area (Å²) in [5.41, 5.74) is 9.24. The van der Waals surface area contributed by atoms with Crippen LogP contribution >= 0.6 is 11.3 Å². The van der Waals surface area contributed by atoms with Gasteiger partial charge in [0.2, 0.25) is 0 Å². The largest absolute Gasteiger partial charge is 0.391 e. The van der Waals surface area contributed by atoms with Crippen molar-refractivity contribution < 1.29 is 0 Å². The molecule has 3 aromatic rings. The van der Waals surface area contributed by atoms with Crippen LogP contribution < -0.4 is 5.73 Å². The fourth-order valence-electron chi connectivity index (χ4n) is 2.02. The van der Waals surface area contributed by atoms with Gasteiger partial charge in [-0.25, -0.2) is 4.52 Å². The van der Waals surface area contributed by atoms with Gasteiger partial charge in [0.15, 0.2) is 0 Å². The third kappa shape index (κ3) is 1.59. The van der Waals surface area contributed by atoms with E-state index in [4.69, 9.17) is 5.73 Å². The number of hydrogen-bond donors (Lipinski definition) is 1. The third-order valence-corrected chi connectivity index (χ3v) is 3.89. The summed E-state index contributed by atoms with van der Waals surface area (Å²) in [6, 6.07) is 6.09. The first-order chi connectivity index (χ1) is 8.29. The van der Waals surface area contributed by atoms with Crippen LogP contribution in [-0.2, 0) is 6.42 Å². The normalized spacial score (nSPS) is 11.1. The molecule has 0 amide bonds. The van der Waals surface area contributed by atoms with E-state index in [1.165, 1.54) is 10.4 Å². The van der Waals surface area contributed by atoms with Crippen LogP contribution in [0.15, 0.2) is 30.6 Å². The van der Waals surface area contributed by atoms with Crippen LogP contribution in [0.1, 0.15) is 11.8 Å². The zero-order valence-corrected chi connectivity index (χ0v) is 10.2. The highest BCUT2D eigenvalue weighted by atomic mass is 32.1. The van der Waals surface area contributed by atoms with Gasteiger partial charge in [0.1, 0.15) is 0 Å². The van der Waals surface area contributed by atoms with Crippen LogP contribution in [0, 0.1) is 0 Å². The van der Waals surface area contributed by atoms with Crippen molar-refractivity contribution in [2.24, 2.45) is 0 Å². The highest BCUT2D eigenvalue weighted by Gasteiger charge is 2.11. The Hall–Kier alpha value is -1.88. The van der Waals surface area contributed by atoms with Crippen LogP contribution in [0.25, 0.3) is 16.6 Å². The van der Waals surface area contributed by atoms with Gasteiger partial charge in [-0.05, 0) is 24.1 Å². The molecule has 0 aliphatic heterocycles. The molecule has 86 valence electrons. The second kappa shape index (κ2) is 3.85. The molecule has 4 nitrogen and oxygen atoms in total. The lowest BCUT2D eigenvalue weighted by molar-refractivity contribution is 0.856. The highest BCUT2D eigenvalue weighted by Crippen LogP contribution is 2.35. The van der Waals surface area contributed by atoms with Crippen molar-refractivity contribution in [3.8, 4) is 11.1 Å². The van der Waals surface area contributed by atoms with E-state index in [9.17, 15) is 0 Å². The molecule has 5 heteroatoms. The Morgan fingerprint density at radius 1 is 1.41 bits per heavy atom. The van der Waals surface area contributed by atoms with Gasteiger partial charge in [-0.2, -0.15) is 0 Å². The molecule has 0 atom stereocenters. The fraction of sp³-hybridized carbons (Fsp3) is 0.167. The van der Waals surface area contributed by atoms with Crippen LogP contribution in [0.2, 0.25) is 0 Å². The molecule has 17 heavy (non-hydrogen) atoms. The lowest BCUT2D eigenvalue weighted by atomic mass is 10.1. The van der Waals surface area contributed by atoms with E-state index >= 15 is 0 Å². The second-order valence-corrected chi connectivity index (χ2v) is 4.99. The minimum absolute atomic E-state index is 0.853. The van der Waals surface area contributed by atoms with Gasteiger partial charge in [-0.1, -0.05) is 18.2 Å². The SMILES string of the molecule is CCc1sc(N)cc1-c1cccn2nncc12. The van der Waals surface area contributed by atoms with Crippen molar-refractivity contribution in [3.63, 3.8) is 0 Å². The quantitative estimate of drug-likeness (QED) is 0.754. The Morgan fingerprint density at radius 3 is 3.12 bits per heavy atom. The molecule has 0 radical (unpaired) electrons. The van der Waals surface area contributed by atoms with Gasteiger partial charge in [-0.15, -0.1) is 16.4 Å². The average Bonchev–Trinajstić information content (AvgIpc) is 2.93. The minimum Gasteiger partial charge on any atom is -0.391 e. The molecular formula is C12H12N4S. The molecular weight excluding hydrogens is 232 g/mol. The molecule has 0 unspecified atom stereocenters. The molecule has 2 N–H and O–H groups in total. The minimum atomic E-state index is 0.853. The summed E-state index contributed by atoms with van der Waals surface area (Å²) in [6.45, 7) is 2.14. The number of thiophene rings is 1. The molecule has 0 bridgehead atoms. The maximum atomic E-state index is 5.89. The third-order valence-electron chi connectivity index (χ3n) is 2.78. The molecule has 3 aromatic heterocycles. The van der Waals surface area contributed by atoms with Crippen LogP contribution in [0.5, 0.6) is 0 Å². The molecule has 0 fully saturated rings. The van der Waals surface area contributed by atoms with Crippen molar-refractivity contribution in [1.82, 2.24) is 14.8 Å². The lowest BCUT2D eigenvalue weighted by Crippen LogP contribution is -1.89. The Kier molecular flexibility index (Phi) is 2.33. The molecule has 0 saturated heterocycles. The first-order valence-electron chi connectivity index (χ1n) is 5.47. The molecule has 0 spiro atoms. The van der Waals surface area contributed by atoms with Crippen molar-refractivity contribution in [2.45, 2.75) is 13.3 Å². The van der Waals surface area contributed by atoms with E-state index in [2.05, 4.69) is 23.3 Å². The van der Waals surface area contributed by atoms with E-state index in [1.54, 1.807) is 22.0 Å². The molecule has 3 rings (SSSR count). The van der Waals surface area contributed by atoms with E-state index in [0.717, 1.165) is 22.5 Å². The zero-order valence-electron chi connectivity index (χ0n) is 9.42. The van der Waals surface area contributed by atoms with Crippen LogP contribution in [-0.4, -0.2) is 14.8 Å². The average molecular weight is 244 g/mol. The van der Waals surface area contributed by atoms with Gasteiger partial charge in [0, 0.05) is 16.6 Å². The molecule has 0 aromatic carbocycles. The van der Waals surface area contributed by atoms with Crippen molar-refractivity contribution in [1.29, 1.82) is 0 Å². The van der Waals surface area contributed by atoms with Gasteiger partial charge >= 0.3 is 0 Å². The predicted octanol–water partition coefficient (Wildman–Crippen LogP) is 2.60. The van der Waals surface area contributed by atoms with E-state index in [0.29, 0.717) is 0 Å². The Morgan fingerprint density at radius 2 is 2.29 bits per heavy atom. The van der Waals surface area contributed by atoms with Crippen LogP contribution in [0.3, 0.4) is 0 Å². The first kappa shape index (κ1) is 10.3. The first-order valence-corrected chi connectivity index (χ1v) is 6.29. The summed E-state index contributed by atoms with van der Waals surface area (Å²) in [5.74, 6) is 0. The number of nitrogen functional groups attached to an aromatic ring is 1. The number of aryl methyl sites for hydroxylation is 1. The zero-order chi connectivity index (χ0) is 11.8. The summed E-state index contributed by atoms with van der Waals surface area (Å²) in [5, 5.41) is 8.79. The fourth-order valence-corrected chi connectivity index (χ4v) is 2.90. The van der Waals surface area contributed by atoms with Gasteiger partial charge in [0.25, 0.3) is 0 Å². The molecule has 3 heterocycles. The number of anilines is 1. The second-order valence-electron chi connectivity index (χ2n) is 3.82. The van der Waals surface area contributed by atoms with Gasteiger partial charge in [-0.3, -0.25) is 0 Å². The number of hydrogen-bond acceptors (Lipinski definition) is 4. The van der Waals surface area contributed by atoms with Crippen molar-refractivity contribution in [3.05, 3.63) is 35.5 Å². The number of fused-ring (bicyclic) bond motifs is 1. The molecule has 0 aliphatic rings. The Balaban J connectivity index is 2.29. The standard InChI is InChI=1S/C12H12N4S/c1-2-11-9(6-12(13)17-11)8-4-3-5-16-10(8)7-14-15-16/h3-7H,2,13H2,1H3. The van der Waals surface area contributed by atoms with E-state index < -0.39 is 0 Å². The molecule has 0 aliphatic carbocycles.